The first-order chi connectivity index (χ1) is 11.2. The van der Waals surface area contributed by atoms with Crippen molar-refractivity contribution in [3.05, 3.63) is 34.9 Å². The third-order valence-electron chi connectivity index (χ3n) is 5.05. The van der Waals surface area contributed by atoms with Gasteiger partial charge in [-0.05, 0) is 68.8 Å². The van der Waals surface area contributed by atoms with E-state index >= 15 is 0 Å². The van der Waals surface area contributed by atoms with Gasteiger partial charge in [0.05, 0.1) is 12.6 Å². The first kappa shape index (κ1) is 19.2. The summed E-state index contributed by atoms with van der Waals surface area (Å²) in [5.41, 5.74) is 4.21. The molecule has 0 radical (unpaired) electrons. The maximum absolute atomic E-state index is 12.3. The van der Waals surface area contributed by atoms with Gasteiger partial charge in [-0.3, -0.25) is 9.69 Å². The lowest BCUT2D eigenvalue weighted by molar-refractivity contribution is -0.122. The Labute approximate surface area is 151 Å². The second-order valence-electron chi connectivity index (χ2n) is 6.90. The maximum atomic E-state index is 12.3. The van der Waals surface area contributed by atoms with Crippen LogP contribution in [0.25, 0.3) is 0 Å². The van der Waals surface area contributed by atoms with Gasteiger partial charge in [0.1, 0.15) is 0 Å². The van der Waals surface area contributed by atoms with Crippen LogP contribution < -0.4 is 10.6 Å². The van der Waals surface area contributed by atoms with Crippen LogP contribution in [0.5, 0.6) is 0 Å². The SMILES string of the molecule is CC(NC(=O)CN1CCCNCC1)c1ccc2c(c1)CCCC2.Cl. The van der Waals surface area contributed by atoms with Crippen LogP contribution in [0, 0.1) is 0 Å². The Balaban J connectivity index is 0.00000208. The van der Waals surface area contributed by atoms with E-state index in [-0.39, 0.29) is 24.4 Å². The van der Waals surface area contributed by atoms with Gasteiger partial charge < -0.3 is 10.6 Å². The molecule has 24 heavy (non-hydrogen) atoms. The average molecular weight is 352 g/mol. The van der Waals surface area contributed by atoms with Crippen LogP contribution in [0.3, 0.4) is 0 Å². The summed E-state index contributed by atoms with van der Waals surface area (Å²) in [5, 5.41) is 6.54. The Morgan fingerprint density at radius 2 is 1.96 bits per heavy atom. The molecule has 0 aromatic heterocycles. The van der Waals surface area contributed by atoms with Gasteiger partial charge in [-0.25, -0.2) is 0 Å². The molecule has 1 fully saturated rings. The molecule has 1 unspecified atom stereocenters. The molecule has 1 aliphatic heterocycles. The third kappa shape index (κ3) is 5.20. The lowest BCUT2D eigenvalue weighted by atomic mass is 9.89. The number of halogens is 1. The molecule has 2 aliphatic rings. The molecule has 1 aromatic rings. The van der Waals surface area contributed by atoms with Gasteiger partial charge in [0.2, 0.25) is 5.91 Å². The van der Waals surface area contributed by atoms with Crippen molar-refractivity contribution in [3.8, 4) is 0 Å². The number of rotatable bonds is 4. The van der Waals surface area contributed by atoms with Crippen LogP contribution in [0.1, 0.15) is 48.9 Å². The molecule has 0 saturated carbocycles. The summed E-state index contributed by atoms with van der Waals surface area (Å²) in [7, 11) is 0. The minimum absolute atomic E-state index is 0. The molecule has 2 N–H and O–H groups in total. The molecule has 1 amide bonds. The highest BCUT2D eigenvalue weighted by molar-refractivity contribution is 5.85. The van der Waals surface area contributed by atoms with Gasteiger partial charge in [-0.2, -0.15) is 0 Å². The summed E-state index contributed by atoms with van der Waals surface area (Å²) in [5.74, 6) is 0.136. The monoisotopic (exact) mass is 351 g/mol. The molecule has 3 rings (SSSR count). The minimum Gasteiger partial charge on any atom is -0.348 e. The molecule has 4 nitrogen and oxygen atoms in total. The van der Waals surface area contributed by atoms with E-state index in [9.17, 15) is 4.79 Å². The molecule has 1 aromatic carbocycles. The Morgan fingerprint density at radius 3 is 2.79 bits per heavy atom. The smallest absolute Gasteiger partial charge is 0.234 e. The van der Waals surface area contributed by atoms with Gasteiger partial charge in [-0.15, -0.1) is 12.4 Å². The number of fused-ring (bicyclic) bond motifs is 1. The number of hydrogen-bond donors (Lipinski definition) is 2. The zero-order chi connectivity index (χ0) is 16.1. The summed E-state index contributed by atoms with van der Waals surface area (Å²) in [4.78, 5) is 14.6. The van der Waals surface area contributed by atoms with E-state index in [4.69, 9.17) is 0 Å². The topological polar surface area (TPSA) is 44.4 Å². The largest absolute Gasteiger partial charge is 0.348 e. The molecule has 1 aliphatic carbocycles. The molecular weight excluding hydrogens is 322 g/mol. The van der Waals surface area contributed by atoms with Crippen molar-refractivity contribution >= 4 is 18.3 Å². The average Bonchev–Trinajstić information content (AvgIpc) is 2.83. The number of carbonyl (C=O) groups is 1. The summed E-state index contributed by atoms with van der Waals surface area (Å²) >= 11 is 0. The van der Waals surface area contributed by atoms with Crippen LogP contribution in [0.4, 0.5) is 0 Å². The predicted molar refractivity (Wildman–Crippen MR) is 101 cm³/mol. The van der Waals surface area contributed by atoms with Crippen molar-refractivity contribution < 1.29 is 4.79 Å². The lowest BCUT2D eigenvalue weighted by Crippen LogP contribution is -2.39. The van der Waals surface area contributed by atoms with E-state index in [1.54, 1.807) is 0 Å². The molecule has 1 saturated heterocycles. The zero-order valence-corrected chi connectivity index (χ0v) is 15.5. The van der Waals surface area contributed by atoms with Gasteiger partial charge in [0, 0.05) is 13.1 Å². The van der Waals surface area contributed by atoms with Crippen LogP contribution in [-0.4, -0.2) is 43.5 Å². The fourth-order valence-corrected chi connectivity index (χ4v) is 3.66. The van der Waals surface area contributed by atoms with E-state index in [0.717, 1.165) is 32.6 Å². The van der Waals surface area contributed by atoms with Gasteiger partial charge in [0.25, 0.3) is 0 Å². The number of amides is 1. The molecule has 1 heterocycles. The molecule has 5 heteroatoms. The molecule has 1 atom stereocenters. The standard InChI is InChI=1S/C19H29N3O.ClH/c1-15(17-8-7-16-5-2-3-6-18(16)13-17)21-19(23)14-22-11-4-9-20-10-12-22;/h7-8,13,15,20H,2-6,9-12,14H2,1H3,(H,21,23);1H. The van der Waals surface area contributed by atoms with Gasteiger partial charge in [-0.1, -0.05) is 18.2 Å². The van der Waals surface area contributed by atoms with E-state index in [0.29, 0.717) is 6.54 Å². The minimum atomic E-state index is 0. The highest BCUT2D eigenvalue weighted by Crippen LogP contribution is 2.24. The first-order valence-electron chi connectivity index (χ1n) is 9.06. The Hall–Kier alpha value is -1.10. The summed E-state index contributed by atoms with van der Waals surface area (Å²) < 4.78 is 0. The van der Waals surface area contributed by atoms with E-state index < -0.39 is 0 Å². The van der Waals surface area contributed by atoms with Crippen molar-refractivity contribution in [2.24, 2.45) is 0 Å². The van der Waals surface area contributed by atoms with Crippen molar-refractivity contribution in [1.29, 1.82) is 0 Å². The fourth-order valence-electron chi connectivity index (χ4n) is 3.66. The Morgan fingerprint density at radius 1 is 1.17 bits per heavy atom. The Kier molecular flexibility index (Phi) is 7.53. The molecule has 0 spiro atoms. The van der Waals surface area contributed by atoms with E-state index in [1.165, 1.54) is 42.4 Å². The van der Waals surface area contributed by atoms with Crippen molar-refractivity contribution in [1.82, 2.24) is 15.5 Å². The van der Waals surface area contributed by atoms with Crippen LogP contribution >= 0.6 is 12.4 Å². The van der Waals surface area contributed by atoms with Gasteiger partial charge >= 0.3 is 0 Å². The Bertz CT molecular complexity index is 541. The third-order valence-corrected chi connectivity index (χ3v) is 5.05. The number of hydrogen-bond acceptors (Lipinski definition) is 3. The van der Waals surface area contributed by atoms with Crippen molar-refractivity contribution in [2.45, 2.75) is 45.1 Å². The number of nitrogens with one attached hydrogen (secondary N) is 2. The van der Waals surface area contributed by atoms with Crippen molar-refractivity contribution in [3.63, 3.8) is 0 Å². The van der Waals surface area contributed by atoms with E-state index in [2.05, 4.69) is 40.7 Å². The van der Waals surface area contributed by atoms with Crippen LogP contribution in [-0.2, 0) is 17.6 Å². The lowest BCUT2D eigenvalue weighted by Gasteiger charge is -2.22. The quantitative estimate of drug-likeness (QED) is 0.875. The summed E-state index contributed by atoms with van der Waals surface area (Å²) in [6.45, 7) is 6.61. The number of benzene rings is 1. The number of aryl methyl sites for hydroxylation is 2. The number of nitrogens with zero attached hydrogens (tertiary/aromatic N) is 1. The highest BCUT2D eigenvalue weighted by Gasteiger charge is 2.16. The van der Waals surface area contributed by atoms with E-state index in [1.807, 2.05) is 0 Å². The van der Waals surface area contributed by atoms with Crippen LogP contribution in [0.2, 0.25) is 0 Å². The fraction of sp³-hybridized carbons (Fsp3) is 0.632. The normalized spacial score (nSPS) is 19.5. The maximum Gasteiger partial charge on any atom is 0.234 e. The molecule has 134 valence electrons. The molecular formula is C19H30ClN3O. The second kappa shape index (κ2) is 9.40. The molecule has 0 bridgehead atoms. The second-order valence-corrected chi connectivity index (χ2v) is 6.90. The van der Waals surface area contributed by atoms with Crippen LogP contribution in [0.15, 0.2) is 18.2 Å². The highest BCUT2D eigenvalue weighted by atomic mass is 35.5. The summed E-state index contributed by atoms with van der Waals surface area (Å²) in [6.07, 6.45) is 6.11. The summed E-state index contributed by atoms with van der Waals surface area (Å²) in [6, 6.07) is 6.83. The zero-order valence-electron chi connectivity index (χ0n) is 14.6. The van der Waals surface area contributed by atoms with Gasteiger partial charge in [0.15, 0.2) is 0 Å². The first-order valence-corrected chi connectivity index (χ1v) is 9.06. The predicted octanol–water partition coefficient (Wildman–Crippen LogP) is 2.46. The number of carbonyl (C=O) groups excluding carboxylic acids is 1. The van der Waals surface area contributed by atoms with Crippen molar-refractivity contribution in [2.75, 3.05) is 32.7 Å².